The third kappa shape index (κ3) is 4.89. The molecule has 0 radical (unpaired) electrons. The van der Waals surface area contributed by atoms with Gasteiger partial charge >= 0.3 is 5.97 Å². The molecule has 162 valence electrons. The van der Waals surface area contributed by atoms with Gasteiger partial charge in [0.05, 0.1) is 17.6 Å². The second kappa shape index (κ2) is 10.4. The van der Waals surface area contributed by atoms with Crippen LogP contribution in [0.25, 0.3) is 11.0 Å². The largest absolute Gasteiger partial charge is 0.461 e. The number of hydrogen-bond acceptors (Lipinski definition) is 6. The molecule has 0 spiro atoms. The molecule has 2 aromatic rings. The molecule has 1 saturated heterocycles. The van der Waals surface area contributed by atoms with Crippen LogP contribution in [0.4, 0.5) is 5.82 Å². The zero-order valence-electron chi connectivity index (χ0n) is 18.3. The van der Waals surface area contributed by atoms with E-state index < -0.39 is 5.97 Å². The van der Waals surface area contributed by atoms with E-state index >= 15 is 0 Å². The van der Waals surface area contributed by atoms with Crippen molar-refractivity contribution in [3.8, 4) is 0 Å². The van der Waals surface area contributed by atoms with Crippen LogP contribution in [0, 0.1) is 5.92 Å². The first kappa shape index (κ1) is 22.0. The third-order valence-electron chi connectivity index (χ3n) is 5.66. The topological polar surface area (TPSA) is 75.6 Å². The maximum absolute atomic E-state index is 12.9. The van der Waals surface area contributed by atoms with Crippen molar-refractivity contribution in [1.82, 2.24) is 14.9 Å². The number of hydrogen-bond donors (Lipinski definition) is 0. The number of unbranched alkanes of at least 4 members (excludes halogenated alkanes) is 1. The summed E-state index contributed by atoms with van der Waals surface area (Å²) in [5.41, 5.74) is 1.65. The highest BCUT2D eigenvalue weighted by atomic mass is 16.5. The monoisotopic (exact) mass is 412 g/mol. The highest BCUT2D eigenvalue weighted by molar-refractivity contribution is 5.95. The average molecular weight is 413 g/mol. The molecule has 2 heterocycles. The number of piperazine rings is 1. The number of aromatic nitrogens is 2. The maximum Gasteiger partial charge on any atom is 0.360 e. The van der Waals surface area contributed by atoms with Gasteiger partial charge in [0.25, 0.3) is 0 Å². The van der Waals surface area contributed by atoms with E-state index in [1.165, 1.54) is 0 Å². The number of nitrogens with zero attached hydrogens (tertiary/aromatic N) is 4. The normalized spacial score (nSPS) is 15.3. The minimum atomic E-state index is -0.463. The minimum Gasteiger partial charge on any atom is -0.461 e. The van der Waals surface area contributed by atoms with Gasteiger partial charge in [0, 0.05) is 32.1 Å². The van der Waals surface area contributed by atoms with Gasteiger partial charge in [0.15, 0.2) is 11.5 Å². The van der Waals surface area contributed by atoms with Crippen LogP contribution in [0.5, 0.6) is 0 Å². The number of esters is 1. The Morgan fingerprint density at radius 1 is 1.03 bits per heavy atom. The van der Waals surface area contributed by atoms with Crippen molar-refractivity contribution in [2.24, 2.45) is 5.92 Å². The number of ether oxygens (including phenoxy) is 1. The summed E-state index contributed by atoms with van der Waals surface area (Å²) in [6, 6.07) is 7.51. The number of carbonyl (C=O) groups excluding carboxylic acids is 2. The van der Waals surface area contributed by atoms with Crippen LogP contribution >= 0.6 is 0 Å². The van der Waals surface area contributed by atoms with E-state index in [0.29, 0.717) is 37.5 Å². The van der Waals surface area contributed by atoms with Crippen molar-refractivity contribution in [2.45, 2.75) is 46.5 Å². The number of para-hydroxylation sites is 2. The Labute approximate surface area is 178 Å². The fourth-order valence-corrected chi connectivity index (χ4v) is 3.90. The standard InChI is InChI=1S/C23H32N4O3/c1-4-7-10-17(5-2)22(28)27-15-13-26(14-16-27)21-20(23(29)30-6-3)24-18-11-8-9-12-19(18)25-21/h8-9,11-12,17H,4-7,10,13-16H2,1-3H3. The van der Waals surface area contributed by atoms with E-state index in [2.05, 4.69) is 18.8 Å². The lowest BCUT2D eigenvalue weighted by Gasteiger charge is -2.37. The van der Waals surface area contributed by atoms with E-state index in [4.69, 9.17) is 9.72 Å². The lowest BCUT2D eigenvalue weighted by Crippen LogP contribution is -2.51. The molecular weight excluding hydrogens is 380 g/mol. The maximum atomic E-state index is 12.9. The van der Waals surface area contributed by atoms with Crippen LogP contribution in [0.2, 0.25) is 0 Å². The summed E-state index contributed by atoms with van der Waals surface area (Å²) in [6.45, 7) is 8.79. The van der Waals surface area contributed by atoms with Gasteiger partial charge < -0.3 is 14.5 Å². The van der Waals surface area contributed by atoms with Crippen molar-refractivity contribution < 1.29 is 14.3 Å². The number of anilines is 1. The summed E-state index contributed by atoms with van der Waals surface area (Å²) in [4.78, 5) is 38.7. The molecule has 1 aromatic carbocycles. The number of amides is 1. The van der Waals surface area contributed by atoms with Gasteiger partial charge in [-0.05, 0) is 31.9 Å². The molecule has 0 saturated carbocycles. The van der Waals surface area contributed by atoms with Crippen LogP contribution < -0.4 is 4.90 Å². The molecule has 7 heteroatoms. The Bertz CT molecular complexity index is 878. The molecular formula is C23H32N4O3. The van der Waals surface area contributed by atoms with Crippen molar-refractivity contribution in [3.05, 3.63) is 30.0 Å². The Balaban J connectivity index is 1.78. The predicted molar refractivity (Wildman–Crippen MR) is 118 cm³/mol. The van der Waals surface area contributed by atoms with E-state index in [9.17, 15) is 9.59 Å². The predicted octanol–water partition coefficient (Wildman–Crippen LogP) is 3.67. The molecule has 1 fully saturated rings. The third-order valence-corrected chi connectivity index (χ3v) is 5.66. The molecule has 1 aliphatic heterocycles. The molecule has 7 nitrogen and oxygen atoms in total. The zero-order valence-corrected chi connectivity index (χ0v) is 18.3. The first-order valence-electron chi connectivity index (χ1n) is 11.1. The molecule has 0 bridgehead atoms. The number of benzene rings is 1. The number of carbonyl (C=O) groups is 2. The van der Waals surface area contributed by atoms with Gasteiger partial charge in [-0.25, -0.2) is 14.8 Å². The summed E-state index contributed by atoms with van der Waals surface area (Å²) in [5.74, 6) is 0.431. The Morgan fingerprint density at radius 3 is 2.30 bits per heavy atom. The SMILES string of the molecule is CCCCC(CC)C(=O)N1CCN(c2nc3ccccc3nc2C(=O)OCC)CC1. The van der Waals surface area contributed by atoms with Gasteiger partial charge in [-0.1, -0.05) is 38.8 Å². The molecule has 3 rings (SSSR count). The summed E-state index contributed by atoms with van der Waals surface area (Å²) < 4.78 is 5.22. The van der Waals surface area contributed by atoms with Gasteiger partial charge in [-0.2, -0.15) is 0 Å². The highest BCUT2D eigenvalue weighted by Crippen LogP contribution is 2.24. The lowest BCUT2D eigenvalue weighted by molar-refractivity contribution is -0.136. The Kier molecular flexibility index (Phi) is 7.60. The van der Waals surface area contributed by atoms with Gasteiger partial charge in [-0.3, -0.25) is 4.79 Å². The summed E-state index contributed by atoms with van der Waals surface area (Å²) in [7, 11) is 0. The smallest absolute Gasteiger partial charge is 0.360 e. The van der Waals surface area contributed by atoms with Crippen LogP contribution in [0.15, 0.2) is 24.3 Å². The zero-order chi connectivity index (χ0) is 21.5. The van der Waals surface area contributed by atoms with E-state index in [1.54, 1.807) is 6.92 Å². The van der Waals surface area contributed by atoms with Crippen LogP contribution in [0.3, 0.4) is 0 Å². The fraction of sp³-hybridized carbons (Fsp3) is 0.565. The van der Waals surface area contributed by atoms with Crippen LogP contribution in [-0.4, -0.2) is 59.5 Å². The van der Waals surface area contributed by atoms with Gasteiger partial charge in [0.1, 0.15) is 0 Å². The Hall–Kier alpha value is -2.70. The van der Waals surface area contributed by atoms with E-state index in [-0.39, 0.29) is 24.1 Å². The Morgan fingerprint density at radius 2 is 1.70 bits per heavy atom. The van der Waals surface area contributed by atoms with E-state index in [0.717, 1.165) is 31.2 Å². The first-order valence-corrected chi connectivity index (χ1v) is 11.1. The second-order valence-electron chi connectivity index (χ2n) is 7.66. The molecule has 30 heavy (non-hydrogen) atoms. The lowest BCUT2D eigenvalue weighted by atomic mass is 9.97. The summed E-state index contributed by atoms with van der Waals surface area (Å²) in [6.07, 6.45) is 4.02. The van der Waals surface area contributed by atoms with Crippen molar-refractivity contribution >= 4 is 28.7 Å². The summed E-state index contributed by atoms with van der Waals surface area (Å²) in [5, 5.41) is 0. The molecule has 1 unspecified atom stereocenters. The molecule has 0 N–H and O–H groups in total. The molecule has 1 aliphatic rings. The quantitative estimate of drug-likeness (QED) is 0.616. The van der Waals surface area contributed by atoms with Crippen LogP contribution in [0.1, 0.15) is 56.9 Å². The average Bonchev–Trinajstić information content (AvgIpc) is 2.78. The highest BCUT2D eigenvalue weighted by Gasteiger charge is 2.29. The second-order valence-corrected chi connectivity index (χ2v) is 7.66. The van der Waals surface area contributed by atoms with Crippen LogP contribution in [-0.2, 0) is 9.53 Å². The molecule has 0 aliphatic carbocycles. The van der Waals surface area contributed by atoms with Crippen molar-refractivity contribution in [3.63, 3.8) is 0 Å². The van der Waals surface area contributed by atoms with Gasteiger partial charge in [0.2, 0.25) is 5.91 Å². The molecule has 1 aromatic heterocycles. The molecule has 1 amide bonds. The minimum absolute atomic E-state index is 0.104. The van der Waals surface area contributed by atoms with Gasteiger partial charge in [-0.15, -0.1) is 0 Å². The van der Waals surface area contributed by atoms with E-state index in [1.807, 2.05) is 34.1 Å². The number of rotatable bonds is 8. The van der Waals surface area contributed by atoms with Crippen molar-refractivity contribution in [1.29, 1.82) is 0 Å². The first-order chi connectivity index (χ1) is 14.6. The molecule has 1 atom stereocenters. The number of fused-ring (bicyclic) bond motifs is 1. The summed E-state index contributed by atoms with van der Waals surface area (Å²) >= 11 is 0. The van der Waals surface area contributed by atoms with Crippen molar-refractivity contribution in [2.75, 3.05) is 37.7 Å². The fourth-order valence-electron chi connectivity index (χ4n) is 3.90.